The number of nitro benzene ring substituents is 1. The molecular weight excluding hydrogens is 330 g/mol. The van der Waals surface area contributed by atoms with Crippen molar-refractivity contribution in [1.82, 2.24) is 0 Å². The van der Waals surface area contributed by atoms with Crippen molar-refractivity contribution in [2.24, 2.45) is 0 Å². The number of carbonyl (C=O) groups is 1. The largest absolute Gasteiger partial charge is 0.450 e. The molecule has 1 aliphatic heterocycles. The fraction of sp³-hybridized carbons (Fsp3) is 0.381. The Morgan fingerprint density at radius 1 is 1.15 bits per heavy atom. The van der Waals surface area contributed by atoms with Gasteiger partial charge in [0, 0.05) is 17.7 Å². The monoisotopic (exact) mass is 355 g/mol. The molecule has 0 amide bonds. The fourth-order valence-corrected chi connectivity index (χ4v) is 2.78. The van der Waals surface area contributed by atoms with Crippen LogP contribution in [0.5, 0.6) is 0 Å². The van der Waals surface area contributed by atoms with Crippen LogP contribution >= 0.6 is 0 Å². The second-order valence-electron chi connectivity index (χ2n) is 6.78. The molecule has 0 radical (unpaired) electrons. The molecule has 1 aromatic rings. The standard InChI is InChI=1S/C21H25NO4/c1-15(2)6-4-7-16(3)8-5-9-18-14-20(26-21(18)23)17-10-12-19(13-11-17)22(24)25/h6,8,10-14,20H,4-5,7,9H2,1-3H3/b16-8+. The normalized spacial score (nSPS) is 16.9. The molecule has 0 aromatic heterocycles. The zero-order valence-electron chi connectivity index (χ0n) is 15.5. The van der Waals surface area contributed by atoms with Crippen molar-refractivity contribution in [2.45, 2.75) is 52.6 Å². The number of nitrogens with zero attached hydrogens (tertiary/aromatic N) is 1. The van der Waals surface area contributed by atoms with Crippen molar-refractivity contribution in [3.8, 4) is 0 Å². The number of ether oxygens (including phenoxy) is 1. The van der Waals surface area contributed by atoms with Crippen molar-refractivity contribution in [1.29, 1.82) is 0 Å². The smallest absolute Gasteiger partial charge is 0.334 e. The number of hydrogen-bond acceptors (Lipinski definition) is 4. The Balaban J connectivity index is 1.91. The van der Waals surface area contributed by atoms with Crippen LogP contribution in [0.4, 0.5) is 5.69 Å². The van der Waals surface area contributed by atoms with E-state index < -0.39 is 11.0 Å². The van der Waals surface area contributed by atoms with Gasteiger partial charge in [-0.05, 0) is 70.2 Å². The highest BCUT2D eigenvalue weighted by atomic mass is 16.6. The van der Waals surface area contributed by atoms with Crippen LogP contribution in [0, 0.1) is 10.1 Å². The molecular formula is C21H25NO4. The molecule has 2 rings (SSSR count). The van der Waals surface area contributed by atoms with Crippen LogP contribution in [0.15, 0.2) is 59.2 Å². The molecule has 0 saturated carbocycles. The summed E-state index contributed by atoms with van der Waals surface area (Å²) in [5, 5.41) is 10.7. The Kier molecular flexibility index (Phi) is 6.89. The number of allylic oxidation sites excluding steroid dienone is 4. The van der Waals surface area contributed by atoms with Crippen LogP contribution in [-0.2, 0) is 9.53 Å². The van der Waals surface area contributed by atoms with E-state index in [-0.39, 0.29) is 11.7 Å². The second-order valence-corrected chi connectivity index (χ2v) is 6.78. The molecule has 0 aliphatic carbocycles. The quantitative estimate of drug-likeness (QED) is 0.264. The van der Waals surface area contributed by atoms with Crippen molar-refractivity contribution in [3.63, 3.8) is 0 Å². The predicted octanol–water partition coefficient (Wildman–Crippen LogP) is 5.59. The molecule has 0 fully saturated rings. The topological polar surface area (TPSA) is 69.4 Å². The summed E-state index contributed by atoms with van der Waals surface area (Å²) < 4.78 is 5.38. The molecule has 0 N–H and O–H groups in total. The SMILES string of the molecule is CC(C)=CCC/C(C)=C/CCC1=CC(c2ccc([N+](=O)[O-])cc2)OC1=O. The van der Waals surface area contributed by atoms with Crippen molar-refractivity contribution < 1.29 is 14.5 Å². The van der Waals surface area contributed by atoms with Crippen molar-refractivity contribution >= 4 is 11.7 Å². The van der Waals surface area contributed by atoms with Crippen LogP contribution in [0.2, 0.25) is 0 Å². The van der Waals surface area contributed by atoms with Gasteiger partial charge in [0.15, 0.2) is 0 Å². The van der Waals surface area contributed by atoms with Crippen molar-refractivity contribution in [2.75, 3.05) is 0 Å². The van der Waals surface area contributed by atoms with Gasteiger partial charge in [0.25, 0.3) is 5.69 Å². The first-order chi connectivity index (χ1) is 12.4. The van der Waals surface area contributed by atoms with E-state index in [2.05, 4.69) is 32.9 Å². The molecule has 5 nitrogen and oxygen atoms in total. The maximum absolute atomic E-state index is 12.0. The minimum atomic E-state index is -0.457. The Labute approximate surface area is 154 Å². The number of hydrogen-bond donors (Lipinski definition) is 0. The Bertz CT molecular complexity index is 753. The lowest BCUT2D eigenvalue weighted by Gasteiger charge is -2.07. The van der Waals surface area contributed by atoms with Gasteiger partial charge >= 0.3 is 5.97 Å². The van der Waals surface area contributed by atoms with E-state index in [0.29, 0.717) is 12.0 Å². The summed E-state index contributed by atoms with van der Waals surface area (Å²) in [7, 11) is 0. The number of benzene rings is 1. The molecule has 0 bridgehead atoms. The molecule has 1 unspecified atom stereocenters. The zero-order valence-corrected chi connectivity index (χ0v) is 15.5. The van der Waals surface area contributed by atoms with Gasteiger partial charge in [0.1, 0.15) is 6.10 Å². The van der Waals surface area contributed by atoms with Gasteiger partial charge in [-0.1, -0.05) is 23.3 Å². The predicted molar refractivity (Wildman–Crippen MR) is 102 cm³/mol. The summed E-state index contributed by atoms with van der Waals surface area (Å²) in [5.41, 5.74) is 4.08. The average Bonchev–Trinajstić information content (AvgIpc) is 2.95. The average molecular weight is 355 g/mol. The fourth-order valence-electron chi connectivity index (χ4n) is 2.78. The summed E-state index contributed by atoms with van der Waals surface area (Å²) in [4.78, 5) is 22.3. The summed E-state index contributed by atoms with van der Waals surface area (Å²) >= 11 is 0. The lowest BCUT2D eigenvalue weighted by atomic mass is 10.0. The van der Waals surface area contributed by atoms with E-state index >= 15 is 0 Å². The third-order valence-corrected chi connectivity index (χ3v) is 4.28. The first kappa shape index (κ1) is 19.6. The third kappa shape index (κ3) is 5.69. The lowest BCUT2D eigenvalue weighted by Crippen LogP contribution is -2.02. The Hall–Kier alpha value is -2.69. The summed E-state index contributed by atoms with van der Waals surface area (Å²) in [6.07, 6.45) is 9.26. The number of rotatable bonds is 8. The van der Waals surface area contributed by atoms with Gasteiger partial charge in [0.2, 0.25) is 0 Å². The minimum Gasteiger partial charge on any atom is -0.450 e. The highest BCUT2D eigenvalue weighted by Crippen LogP contribution is 2.30. The molecule has 1 atom stereocenters. The van der Waals surface area contributed by atoms with Crippen LogP contribution in [0.3, 0.4) is 0 Å². The molecule has 1 heterocycles. The van der Waals surface area contributed by atoms with Crippen LogP contribution in [0.1, 0.15) is 58.1 Å². The van der Waals surface area contributed by atoms with Crippen LogP contribution in [0.25, 0.3) is 0 Å². The molecule has 26 heavy (non-hydrogen) atoms. The first-order valence-electron chi connectivity index (χ1n) is 8.82. The summed E-state index contributed by atoms with van der Waals surface area (Å²) in [5.74, 6) is -0.302. The van der Waals surface area contributed by atoms with Gasteiger partial charge in [-0.2, -0.15) is 0 Å². The summed E-state index contributed by atoms with van der Waals surface area (Å²) in [6.45, 7) is 6.30. The molecule has 1 aromatic carbocycles. The maximum Gasteiger partial charge on any atom is 0.334 e. The lowest BCUT2D eigenvalue weighted by molar-refractivity contribution is -0.384. The molecule has 1 aliphatic rings. The number of non-ortho nitro benzene ring substituents is 1. The van der Waals surface area contributed by atoms with E-state index in [1.807, 2.05) is 6.08 Å². The third-order valence-electron chi connectivity index (χ3n) is 4.28. The van der Waals surface area contributed by atoms with E-state index in [1.54, 1.807) is 12.1 Å². The number of carbonyl (C=O) groups excluding carboxylic acids is 1. The maximum atomic E-state index is 12.0. The van der Waals surface area contributed by atoms with E-state index in [9.17, 15) is 14.9 Å². The number of cyclic esters (lactones) is 1. The second kappa shape index (κ2) is 9.13. The molecule has 0 spiro atoms. The zero-order chi connectivity index (χ0) is 19.1. The van der Waals surface area contributed by atoms with Crippen LogP contribution < -0.4 is 0 Å². The molecule has 5 heteroatoms. The Morgan fingerprint density at radius 3 is 2.46 bits per heavy atom. The number of esters is 1. The van der Waals surface area contributed by atoms with Gasteiger partial charge in [0.05, 0.1) is 4.92 Å². The highest BCUT2D eigenvalue weighted by Gasteiger charge is 2.26. The van der Waals surface area contributed by atoms with Gasteiger partial charge in [-0.15, -0.1) is 0 Å². The number of nitro groups is 1. The van der Waals surface area contributed by atoms with Crippen molar-refractivity contribution in [3.05, 3.63) is 74.9 Å². The van der Waals surface area contributed by atoms with Gasteiger partial charge in [-0.25, -0.2) is 4.79 Å². The molecule has 0 saturated heterocycles. The van der Waals surface area contributed by atoms with Crippen LogP contribution in [-0.4, -0.2) is 10.9 Å². The molecule has 138 valence electrons. The van der Waals surface area contributed by atoms with E-state index in [1.165, 1.54) is 23.3 Å². The van der Waals surface area contributed by atoms with Gasteiger partial charge in [-0.3, -0.25) is 10.1 Å². The minimum absolute atomic E-state index is 0.0241. The summed E-state index contributed by atoms with van der Waals surface area (Å²) in [6, 6.07) is 6.10. The highest BCUT2D eigenvalue weighted by molar-refractivity contribution is 5.91. The first-order valence-corrected chi connectivity index (χ1v) is 8.82. The van der Waals surface area contributed by atoms with E-state index in [0.717, 1.165) is 24.8 Å². The Morgan fingerprint density at radius 2 is 1.85 bits per heavy atom. The van der Waals surface area contributed by atoms with E-state index in [4.69, 9.17) is 4.74 Å². The van der Waals surface area contributed by atoms with Gasteiger partial charge < -0.3 is 4.74 Å².